The molecule has 17 rings (SSSR count). The largest absolute Gasteiger partial charge is 0.310 e. The van der Waals surface area contributed by atoms with Crippen LogP contribution in [0.3, 0.4) is 0 Å². The predicted octanol–water partition coefficient (Wildman–Crippen LogP) is 33.0. The number of nitrogens with zero attached hydrogens (tertiary/aromatic N) is 5. The van der Waals surface area contributed by atoms with Crippen LogP contribution in [-0.4, -0.2) is 0 Å². The van der Waals surface area contributed by atoms with E-state index in [9.17, 15) is 0 Å². The molecule has 0 radical (unpaired) electrons. The molecule has 17 aromatic carbocycles. The van der Waals surface area contributed by atoms with Crippen LogP contribution in [0, 0.1) is 13.8 Å². The molecule has 0 N–H and O–H groups in total. The summed E-state index contributed by atoms with van der Waals surface area (Å²) in [5, 5.41) is 2.48. The highest BCUT2D eigenvalue weighted by Crippen LogP contribution is 2.43. The lowest BCUT2D eigenvalue weighted by Gasteiger charge is -2.27. The summed E-state index contributed by atoms with van der Waals surface area (Å²) in [6, 6.07) is 142. The molecule has 0 spiro atoms. The van der Waals surface area contributed by atoms with Gasteiger partial charge in [0.15, 0.2) is 0 Å². The Labute approximate surface area is 708 Å². The molecule has 0 heterocycles. The third-order valence-electron chi connectivity index (χ3n) is 17.9. The van der Waals surface area contributed by atoms with Gasteiger partial charge in [-0.25, -0.2) is 0 Å². The van der Waals surface area contributed by atoms with Crippen LogP contribution in [0.1, 0.15) is 18.0 Å². The molecule has 0 bridgehead atoms. The van der Waals surface area contributed by atoms with Gasteiger partial charge in [0.1, 0.15) is 0 Å². The predicted molar refractivity (Wildman–Crippen MR) is 497 cm³/mol. The van der Waals surface area contributed by atoms with E-state index < -0.39 is 6.04 Å². The van der Waals surface area contributed by atoms with Crippen LogP contribution in [0.25, 0.3) is 21.9 Å². The van der Waals surface area contributed by atoms with Crippen LogP contribution < -0.4 is 24.5 Å². The van der Waals surface area contributed by atoms with E-state index in [1.807, 2.05) is 103 Å². The van der Waals surface area contributed by atoms with Crippen molar-refractivity contribution in [3.8, 4) is 11.1 Å². The van der Waals surface area contributed by atoms with Gasteiger partial charge < -0.3 is 24.5 Å². The fourth-order valence-corrected chi connectivity index (χ4v) is 14.8. The molecule has 0 aromatic heterocycles. The smallest absolute Gasteiger partial charge is 0.0645 e. The molecule has 0 fully saturated rings. The summed E-state index contributed by atoms with van der Waals surface area (Å²) in [7, 11) is 0. The molecule has 0 aliphatic heterocycles. The highest BCUT2D eigenvalue weighted by molar-refractivity contribution is 9.11. The summed E-state index contributed by atoms with van der Waals surface area (Å²) in [4.78, 5) is 10.8. The third kappa shape index (κ3) is 21.3. The molecule has 5 nitrogen and oxygen atoms in total. The first-order valence-electron chi connectivity index (χ1n) is 38.9. The molecule has 10 heteroatoms. The number of para-hydroxylation sites is 7. The zero-order chi connectivity index (χ0) is 81.6. The molecular weight excluding hydrogens is 1690 g/mol. The standard InChI is InChI=1S/C24H18BrN.C22H16BrN.C20H18BrN.2C18H14BrN/c25-21-16-20(19-10-4-1-5-11-19)17-24(18-21)26(22-12-6-2-7-13-22)23-14-8-3-9-15-23;23-18-10-7-13-20(16-18)24(19-11-2-1-3-12-19)22-15-6-9-17-8-4-5-14-21(17)22;1-15-6-10-18(11-7-15)22(19-12-8-16(2)9-13-19)20-5-3-4-17(21)14-20;2*19-15-8-7-13-18(14-15)20(16-9-3-1-4-10-16)17-11-5-2-6-12-17/h1-18H;1-16H;3-14H,1-2H3;2*1-14H/i;;;1D,3D,4D,9D,10D;. The lowest BCUT2D eigenvalue weighted by Crippen LogP contribution is -2.10. The first-order chi connectivity index (χ1) is 57.0. The topological polar surface area (TPSA) is 16.2 Å². The van der Waals surface area contributed by atoms with E-state index in [1.54, 1.807) is 4.90 Å². The molecule has 112 heavy (non-hydrogen) atoms. The van der Waals surface area contributed by atoms with Gasteiger partial charge in [0.25, 0.3) is 0 Å². The van der Waals surface area contributed by atoms with Crippen LogP contribution in [-0.2, 0) is 0 Å². The van der Waals surface area contributed by atoms with Gasteiger partial charge in [0.2, 0.25) is 0 Å². The van der Waals surface area contributed by atoms with Gasteiger partial charge >= 0.3 is 0 Å². The van der Waals surface area contributed by atoms with Gasteiger partial charge in [-0.2, -0.15) is 0 Å². The normalized spacial score (nSPS) is 11.1. The van der Waals surface area contributed by atoms with Crippen LogP contribution in [0.5, 0.6) is 0 Å². The minimum atomic E-state index is -0.402. The Bertz CT molecular complexity index is 5910. The molecular formula is C102H80Br5N5. The van der Waals surface area contributed by atoms with E-state index in [0.29, 0.717) is 11.4 Å². The molecule has 0 atom stereocenters. The number of hydrogen-bond donors (Lipinski definition) is 0. The van der Waals surface area contributed by atoms with Crippen LogP contribution in [0.2, 0.25) is 0 Å². The lowest BCUT2D eigenvalue weighted by molar-refractivity contribution is 1.26. The second-order valence-corrected chi connectivity index (χ2v) is 30.4. The number of hydrogen-bond acceptors (Lipinski definition) is 5. The maximum absolute atomic E-state index is 8.29. The third-order valence-corrected chi connectivity index (χ3v) is 20.3. The van der Waals surface area contributed by atoms with E-state index in [0.717, 1.165) is 84.9 Å². The number of rotatable bonds is 16. The minimum Gasteiger partial charge on any atom is -0.310 e. The molecule has 0 aliphatic carbocycles. The molecule has 548 valence electrons. The SMILES string of the molecule is Brc1cc(-c2ccccc2)cc(N(c2ccccc2)c2ccccc2)c1.Brc1cccc(N(c2ccccc2)c2cccc3ccccc23)c1.Brc1cccc(N(c2ccccc2)c2ccccc2)c1.Cc1ccc(N(c2ccc(C)cc2)c2cccc(Br)c2)cc1.[2H]c1c([2H])c([2H])c(N(c2ccccc2)c2cccc(Br)c2)c([2H])c1[2H]. The van der Waals surface area contributed by atoms with Crippen molar-refractivity contribution in [3.05, 3.63) is 482 Å². The second-order valence-electron chi connectivity index (χ2n) is 25.8. The minimum absolute atomic E-state index is 0.121. The lowest BCUT2D eigenvalue weighted by atomic mass is 10.0. The van der Waals surface area contributed by atoms with Crippen molar-refractivity contribution in [2.24, 2.45) is 0 Å². The first kappa shape index (κ1) is 72.0. The van der Waals surface area contributed by atoms with E-state index in [1.165, 1.54) is 38.7 Å². The quantitative estimate of drug-likeness (QED) is 0.0955. The van der Waals surface area contributed by atoms with Gasteiger partial charge in [-0.05, 0) is 237 Å². The molecule has 0 amide bonds. The average Bonchev–Trinajstić information content (AvgIpc) is 0.758. The van der Waals surface area contributed by atoms with Gasteiger partial charge in [-0.3, -0.25) is 0 Å². The Morgan fingerprint density at radius 1 is 0.196 bits per heavy atom. The van der Waals surface area contributed by atoms with Crippen molar-refractivity contribution >= 4 is 176 Å². The molecule has 0 saturated heterocycles. The Kier molecular flexibility index (Phi) is 25.6. The number of fused-ring (bicyclic) bond motifs is 1. The highest BCUT2D eigenvalue weighted by Gasteiger charge is 2.19. The van der Waals surface area contributed by atoms with Gasteiger partial charge in [0, 0.05) is 107 Å². The van der Waals surface area contributed by atoms with E-state index in [4.69, 9.17) is 6.85 Å². The van der Waals surface area contributed by atoms with Crippen molar-refractivity contribution in [1.82, 2.24) is 0 Å². The first-order valence-corrected chi connectivity index (χ1v) is 40.4. The van der Waals surface area contributed by atoms with Crippen LogP contribution in [0.15, 0.2) is 471 Å². The Morgan fingerprint density at radius 3 is 0.848 bits per heavy atom. The molecule has 0 saturated carbocycles. The second kappa shape index (κ2) is 39.9. The van der Waals surface area contributed by atoms with Crippen molar-refractivity contribution < 1.29 is 6.85 Å². The van der Waals surface area contributed by atoms with E-state index in [-0.39, 0.29) is 29.9 Å². The molecule has 0 unspecified atom stereocenters. The van der Waals surface area contributed by atoms with Gasteiger partial charge in [0.05, 0.1) is 12.5 Å². The molecule has 0 aliphatic rings. The maximum Gasteiger partial charge on any atom is 0.0645 e. The van der Waals surface area contributed by atoms with E-state index >= 15 is 0 Å². The van der Waals surface area contributed by atoms with Crippen molar-refractivity contribution in [2.45, 2.75) is 13.8 Å². The summed E-state index contributed by atoms with van der Waals surface area (Å²) >= 11 is 17.8. The maximum atomic E-state index is 8.29. The Balaban J connectivity index is 0.000000127. The van der Waals surface area contributed by atoms with E-state index in [2.05, 4.69) is 429 Å². The number of aryl methyl sites for hydroxylation is 2. The van der Waals surface area contributed by atoms with Crippen LogP contribution in [0.4, 0.5) is 85.3 Å². The highest BCUT2D eigenvalue weighted by atomic mass is 79.9. The fourth-order valence-electron chi connectivity index (χ4n) is 12.7. The Morgan fingerprint density at radius 2 is 0.473 bits per heavy atom. The zero-order valence-electron chi connectivity index (χ0n) is 66.5. The number of benzene rings is 17. The zero-order valence-corrected chi connectivity index (χ0v) is 69.4. The molecule has 17 aromatic rings. The van der Waals surface area contributed by atoms with Crippen LogP contribution >= 0.6 is 79.6 Å². The summed E-state index contributed by atoms with van der Waals surface area (Å²) in [5.74, 6) is 0. The summed E-state index contributed by atoms with van der Waals surface area (Å²) in [5.41, 5.74) is 20.2. The fraction of sp³-hybridized carbons (Fsp3) is 0.0196. The number of anilines is 15. The summed E-state index contributed by atoms with van der Waals surface area (Å²) in [6.07, 6.45) is 0. The Hall–Kier alpha value is -11.6. The summed E-state index contributed by atoms with van der Waals surface area (Å²) in [6.45, 7) is 4.22. The van der Waals surface area contributed by atoms with Gasteiger partial charge in [-0.15, -0.1) is 0 Å². The average molecular weight is 1780 g/mol. The monoisotopic (exact) mass is 1770 g/mol. The van der Waals surface area contributed by atoms with Crippen molar-refractivity contribution in [2.75, 3.05) is 24.5 Å². The van der Waals surface area contributed by atoms with Gasteiger partial charge in [-0.1, -0.05) is 333 Å². The van der Waals surface area contributed by atoms with Crippen molar-refractivity contribution in [1.29, 1.82) is 0 Å². The van der Waals surface area contributed by atoms with Crippen molar-refractivity contribution in [3.63, 3.8) is 0 Å². The summed E-state index contributed by atoms with van der Waals surface area (Å²) < 4.78 is 45.4. The number of halogens is 5.